The number of carbonyl (C=O) groups excluding carboxylic acids is 2. The maximum absolute atomic E-state index is 12.1. The molecule has 126 valence electrons. The quantitative estimate of drug-likeness (QED) is 0.839. The van der Waals surface area contributed by atoms with Crippen LogP contribution in [0.4, 0.5) is 4.79 Å². The lowest BCUT2D eigenvalue weighted by atomic mass is 10.1. The van der Waals surface area contributed by atoms with Gasteiger partial charge in [0.05, 0.1) is 0 Å². The minimum absolute atomic E-state index is 0.0114. The van der Waals surface area contributed by atoms with Gasteiger partial charge in [-0.15, -0.1) is 0 Å². The van der Waals surface area contributed by atoms with E-state index in [1.54, 1.807) is 4.90 Å². The lowest BCUT2D eigenvalue weighted by Crippen LogP contribution is -2.49. The molecule has 0 atom stereocenters. The highest BCUT2D eigenvalue weighted by Gasteiger charge is 2.23. The van der Waals surface area contributed by atoms with Crippen LogP contribution in [0.25, 0.3) is 0 Å². The van der Waals surface area contributed by atoms with E-state index >= 15 is 0 Å². The van der Waals surface area contributed by atoms with Gasteiger partial charge in [0.25, 0.3) is 5.91 Å². The molecule has 2 N–H and O–H groups in total. The molecular weight excluding hydrogens is 294 g/mol. The standard InChI is InChI=1S/C17H25N3O3/c1-2-10-18-17(22)19-14-8-11-20(12-9-14)16(21)13-23-15-6-4-3-5-7-15/h3-7,14H,2,8-13H2,1H3,(H2,18,19,22). The van der Waals surface area contributed by atoms with Gasteiger partial charge in [0.15, 0.2) is 6.61 Å². The predicted octanol–water partition coefficient (Wildman–Crippen LogP) is 1.77. The molecule has 1 aliphatic heterocycles. The fraction of sp³-hybridized carbons (Fsp3) is 0.529. The first-order valence-electron chi connectivity index (χ1n) is 8.19. The highest BCUT2D eigenvalue weighted by molar-refractivity contribution is 5.78. The lowest BCUT2D eigenvalue weighted by molar-refractivity contribution is -0.134. The summed E-state index contributed by atoms with van der Waals surface area (Å²) in [7, 11) is 0. The third kappa shape index (κ3) is 5.81. The van der Waals surface area contributed by atoms with Crippen molar-refractivity contribution < 1.29 is 14.3 Å². The molecule has 1 heterocycles. The fourth-order valence-corrected chi connectivity index (χ4v) is 2.50. The molecule has 0 bridgehead atoms. The molecule has 6 heteroatoms. The summed E-state index contributed by atoms with van der Waals surface area (Å²) in [6, 6.07) is 9.33. The summed E-state index contributed by atoms with van der Waals surface area (Å²) in [6.07, 6.45) is 2.47. The molecule has 0 unspecified atom stereocenters. The van der Waals surface area contributed by atoms with E-state index < -0.39 is 0 Å². The van der Waals surface area contributed by atoms with Crippen LogP contribution >= 0.6 is 0 Å². The monoisotopic (exact) mass is 319 g/mol. The van der Waals surface area contributed by atoms with E-state index in [0.29, 0.717) is 25.4 Å². The Kier molecular flexibility index (Phi) is 6.72. The number of benzene rings is 1. The Balaban J connectivity index is 1.67. The average molecular weight is 319 g/mol. The summed E-state index contributed by atoms with van der Waals surface area (Å²) in [4.78, 5) is 25.6. The van der Waals surface area contributed by atoms with Gasteiger partial charge in [-0.05, 0) is 31.4 Å². The molecule has 0 saturated carbocycles. The van der Waals surface area contributed by atoms with Gasteiger partial charge in [0.2, 0.25) is 0 Å². The second kappa shape index (κ2) is 9.02. The topological polar surface area (TPSA) is 70.7 Å². The maximum atomic E-state index is 12.1. The number of ether oxygens (including phenoxy) is 1. The van der Waals surface area contributed by atoms with Crippen LogP contribution < -0.4 is 15.4 Å². The Bertz CT molecular complexity index is 499. The number of para-hydroxylation sites is 1. The van der Waals surface area contributed by atoms with Crippen LogP contribution in [-0.4, -0.2) is 49.1 Å². The molecule has 0 radical (unpaired) electrons. The molecule has 23 heavy (non-hydrogen) atoms. The second-order valence-corrected chi connectivity index (χ2v) is 5.66. The molecule has 0 aromatic heterocycles. The van der Waals surface area contributed by atoms with Crippen LogP contribution in [0.15, 0.2) is 30.3 Å². The summed E-state index contributed by atoms with van der Waals surface area (Å²) >= 11 is 0. The van der Waals surface area contributed by atoms with Gasteiger partial charge in [0, 0.05) is 25.7 Å². The van der Waals surface area contributed by atoms with Crippen LogP contribution in [-0.2, 0) is 4.79 Å². The van der Waals surface area contributed by atoms with Crippen molar-refractivity contribution in [1.82, 2.24) is 15.5 Å². The normalized spacial score (nSPS) is 15.1. The van der Waals surface area contributed by atoms with Crippen molar-refractivity contribution in [1.29, 1.82) is 0 Å². The Morgan fingerprint density at radius 3 is 2.57 bits per heavy atom. The van der Waals surface area contributed by atoms with Crippen molar-refractivity contribution in [2.45, 2.75) is 32.2 Å². The van der Waals surface area contributed by atoms with Gasteiger partial charge in [-0.1, -0.05) is 25.1 Å². The van der Waals surface area contributed by atoms with E-state index in [-0.39, 0.29) is 24.6 Å². The molecule has 3 amide bonds. The number of nitrogens with one attached hydrogen (secondary N) is 2. The summed E-state index contributed by atoms with van der Waals surface area (Å²) < 4.78 is 5.49. The predicted molar refractivity (Wildman–Crippen MR) is 88.4 cm³/mol. The van der Waals surface area contributed by atoms with Gasteiger partial charge in [0.1, 0.15) is 5.75 Å². The zero-order chi connectivity index (χ0) is 16.5. The van der Waals surface area contributed by atoms with Crippen molar-refractivity contribution in [3.8, 4) is 5.75 Å². The minimum Gasteiger partial charge on any atom is -0.484 e. The van der Waals surface area contributed by atoms with Crippen LogP contribution in [0.2, 0.25) is 0 Å². The molecule has 2 rings (SSSR count). The average Bonchev–Trinajstić information content (AvgIpc) is 2.59. The first-order valence-corrected chi connectivity index (χ1v) is 8.19. The number of urea groups is 1. The molecule has 1 fully saturated rings. The number of hydrogen-bond donors (Lipinski definition) is 2. The van der Waals surface area contributed by atoms with Gasteiger partial charge in [-0.2, -0.15) is 0 Å². The molecule has 0 aliphatic carbocycles. The zero-order valence-corrected chi connectivity index (χ0v) is 13.6. The highest BCUT2D eigenvalue weighted by Crippen LogP contribution is 2.12. The second-order valence-electron chi connectivity index (χ2n) is 5.66. The van der Waals surface area contributed by atoms with Crippen molar-refractivity contribution in [2.75, 3.05) is 26.2 Å². The summed E-state index contributed by atoms with van der Waals surface area (Å²) in [5.74, 6) is 0.688. The number of amides is 3. The van der Waals surface area contributed by atoms with E-state index in [4.69, 9.17) is 4.74 Å². The van der Waals surface area contributed by atoms with Crippen LogP contribution in [0.1, 0.15) is 26.2 Å². The number of piperidine rings is 1. The molecule has 1 aromatic rings. The van der Waals surface area contributed by atoms with Crippen LogP contribution in [0.5, 0.6) is 5.75 Å². The Labute approximate surface area is 137 Å². The van der Waals surface area contributed by atoms with Crippen molar-refractivity contribution in [3.63, 3.8) is 0 Å². The minimum atomic E-state index is -0.121. The Morgan fingerprint density at radius 2 is 1.91 bits per heavy atom. The lowest BCUT2D eigenvalue weighted by Gasteiger charge is -2.32. The fourth-order valence-electron chi connectivity index (χ4n) is 2.50. The Morgan fingerprint density at radius 1 is 1.22 bits per heavy atom. The maximum Gasteiger partial charge on any atom is 0.315 e. The molecule has 1 aromatic carbocycles. The first kappa shape index (κ1) is 17.1. The largest absolute Gasteiger partial charge is 0.484 e. The van der Waals surface area contributed by atoms with Crippen molar-refractivity contribution >= 4 is 11.9 Å². The van der Waals surface area contributed by atoms with E-state index in [1.807, 2.05) is 37.3 Å². The third-order valence-electron chi connectivity index (χ3n) is 3.82. The Hall–Kier alpha value is -2.24. The van der Waals surface area contributed by atoms with Gasteiger partial charge >= 0.3 is 6.03 Å². The molecule has 0 spiro atoms. The number of carbonyl (C=O) groups is 2. The molecule has 1 saturated heterocycles. The first-order chi connectivity index (χ1) is 11.2. The van der Waals surface area contributed by atoms with E-state index in [2.05, 4.69) is 10.6 Å². The van der Waals surface area contributed by atoms with E-state index in [0.717, 1.165) is 19.3 Å². The summed E-state index contributed by atoms with van der Waals surface area (Å²) in [6.45, 7) is 4.05. The van der Waals surface area contributed by atoms with E-state index in [1.165, 1.54) is 0 Å². The van der Waals surface area contributed by atoms with E-state index in [9.17, 15) is 9.59 Å². The van der Waals surface area contributed by atoms with Crippen LogP contribution in [0, 0.1) is 0 Å². The van der Waals surface area contributed by atoms with Gasteiger partial charge in [-0.25, -0.2) is 4.79 Å². The number of likely N-dealkylation sites (tertiary alicyclic amines) is 1. The van der Waals surface area contributed by atoms with Crippen LogP contribution in [0.3, 0.4) is 0 Å². The highest BCUT2D eigenvalue weighted by atomic mass is 16.5. The van der Waals surface area contributed by atoms with Gasteiger partial charge in [-0.3, -0.25) is 4.79 Å². The van der Waals surface area contributed by atoms with Crippen molar-refractivity contribution in [2.24, 2.45) is 0 Å². The number of hydrogen-bond acceptors (Lipinski definition) is 3. The number of nitrogens with zero attached hydrogens (tertiary/aromatic N) is 1. The summed E-state index contributed by atoms with van der Waals surface area (Å²) in [5, 5.41) is 5.75. The number of rotatable bonds is 6. The smallest absolute Gasteiger partial charge is 0.315 e. The third-order valence-corrected chi connectivity index (χ3v) is 3.82. The van der Waals surface area contributed by atoms with Gasteiger partial charge < -0.3 is 20.3 Å². The zero-order valence-electron chi connectivity index (χ0n) is 13.6. The van der Waals surface area contributed by atoms with Crippen molar-refractivity contribution in [3.05, 3.63) is 30.3 Å². The molecule has 6 nitrogen and oxygen atoms in total. The SMILES string of the molecule is CCCNC(=O)NC1CCN(C(=O)COc2ccccc2)CC1. The summed E-state index contributed by atoms with van der Waals surface area (Å²) in [5.41, 5.74) is 0. The molecular formula is C17H25N3O3. The molecule has 1 aliphatic rings.